The standard InChI is InChI=1S/C14H16FN3O/c1-7(2)12-8(3)17-14(18-13(12)16)9-4-5-11(19)10(15)6-9/h4-7,19H,1-3H3,(H2,16,17,18). The summed E-state index contributed by atoms with van der Waals surface area (Å²) in [4.78, 5) is 8.57. The lowest BCUT2D eigenvalue weighted by Crippen LogP contribution is -2.06. The van der Waals surface area contributed by atoms with Gasteiger partial charge in [0.2, 0.25) is 0 Å². The molecule has 0 fully saturated rings. The Morgan fingerprint density at radius 1 is 1.26 bits per heavy atom. The van der Waals surface area contributed by atoms with Gasteiger partial charge in [0.25, 0.3) is 0 Å². The molecular weight excluding hydrogens is 245 g/mol. The molecule has 2 aromatic rings. The summed E-state index contributed by atoms with van der Waals surface area (Å²) in [6.07, 6.45) is 0. The van der Waals surface area contributed by atoms with Crippen molar-refractivity contribution in [1.29, 1.82) is 0 Å². The van der Waals surface area contributed by atoms with Crippen LogP contribution in [0.3, 0.4) is 0 Å². The van der Waals surface area contributed by atoms with Crippen molar-refractivity contribution in [2.24, 2.45) is 0 Å². The fourth-order valence-corrected chi connectivity index (χ4v) is 2.09. The summed E-state index contributed by atoms with van der Waals surface area (Å²) >= 11 is 0. The first-order chi connectivity index (χ1) is 8.90. The van der Waals surface area contributed by atoms with E-state index in [0.717, 1.165) is 11.3 Å². The SMILES string of the molecule is Cc1nc(-c2ccc(O)c(F)c2)nc(N)c1C(C)C. The monoisotopic (exact) mass is 261 g/mol. The molecule has 0 bridgehead atoms. The number of nitrogen functional groups attached to an aromatic ring is 1. The molecule has 1 aromatic heterocycles. The minimum absolute atomic E-state index is 0.227. The summed E-state index contributed by atoms with van der Waals surface area (Å²) in [5.41, 5.74) is 8.11. The van der Waals surface area contributed by atoms with Crippen LogP contribution in [0.5, 0.6) is 5.75 Å². The Morgan fingerprint density at radius 2 is 1.95 bits per heavy atom. The number of aryl methyl sites for hydroxylation is 1. The largest absolute Gasteiger partial charge is 0.505 e. The third kappa shape index (κ3) is 2.50. The van der Waals surface area contributed by atoms with Crippen molar-refractivity contribution in [3.05, 3.63) is 35.3 Å². The summed E-state index contributed by atoms with van der Waals surface area (Å²) in [6, 6.07) is 4.02. The van der Waals surface area contributed by atoms with Crippen molar-refractivity contribution < 1.29 is 9.50 Å². The zero-order valence-corrected chi connectivity index (χ0v) is 11.1. The predicted molar refractivity (Wildman–Crippen MR) is 72.3 cm³/mol. The van der Waals surface area contributed by atoms with Crippen molar-refractivity contribution in [2.75, 3.05) is 5.73 Å². The van der Waals surface area contributed by atoms with E-state index in [-0.39, 0.29) is 5.92 Å². The molecule has 1 heterocycles. The van der Waals surface area contributed by atoms with E-state index in [9.17, 15) is 9.50 Å². The van der Waals surface area contributed by atoms with Gasteiger partial charge in [-0.2, -0.15) is 0 Å². The average Bonchev–Trinajstić information content (AvgIpc) is 2.31. The van der Waals surface area contributed by atoms with Gasteiger partial charge in [0.1, 0.15) is 5.82 Å². The molecule has 1 aromatic carbocycles. The van der Waals surface area contributed by atoms with Crippen LogP contribution >= 0.6 is 0 Å². The lowest BCUT2D eigenvalue weighted by Gasteiger charge is -2.13. The van der Waals surface area contributed by atoms with E-state index >= 15 is 0 Å². The van der Waals surface area contributed by atoms with E-state index in [1.165, 1.54) is 12.1 Å². The molecule has 0 aliphatic heterocycles. The van der Waals surface area contributed by atoms with Crippen molar-refractivity contribution in [1.82, 2.24) is 9.97 Å². The molecule has 0 aliphatic rings. The van der Waals surface area contributed by atoms with Crippen molar-refractivity contribution >= 4 is 5.82 Å². The third-order valence-electron chi connectivity index (χ3n) is 2.95. The summed E-state index contributed by atoms with van der Waals surface area (Å²) in [6.45, 7) is 5.89. The quantitative estimate of drug-likeness (QED) is 0.871. The van der Waals surface area contributed by atoms with Gasteiger partial charge >= 0.3 is 0 Å². The molecule has 0 saturated heterocycles. The maximum atomic E-state index is 13.3. The maximum absolute atomic E-state index is 13.3. The van der Waals surface area contributed by atoms with Crippen LogP contribution in [0.1, 0.15) is 31.0 Å². The minimum Gasteiger partial charge on any atom is -0.505 e. The second-order valence-electron chi connectivity index (χ2n) is 4.75. The van der Waals surface area contributed by atoms with Crippen LogP contribution in [0.4, 0.5) is 10.2 Å². The van der Waals surface area contributed by atoms with Gasteiger partial charge < -0.3 is 10.8 Å². The van der Waals surface area contributed by atoms with E-state index in [1.807, 2.05) is 20.8 Å². The number of aromatic hydroxyl groups is 1. The number of halogens is 1. The van der Waals surface area contributed by atoms with Gasteiger partial charge in [-0.1, -0.05) is 13.8 Å². The maximum Gasteiger partial charge on any atom is 0.165 e. The van der Waals surface area contributed by atoms with Crippen molar-refractivity contribution in [3.8, 4) is 17.1 Å². The number of benzene rings is 1. The zero-order valence-electron chi connectivity index (χ0n) is 11.1. The molecule has 0 spiro atoms. The highest BCUT2D eigenvalue weighted by Crippen LogP contribution is 2.27. The number of rotatable bonds is 2. The molecule has 3 N–H and O–H groups in total. The van der Waals surface area contributed by atoms with Crippen LogP contribution in [0.2, 0.25) is 0 Å². The Kier molecular flexibility index (Phi) is 3.38. The molecule has 0 amide bonds. The van der Waals surface area contributed by atoms with Crippen molar-refractivity contribution in [3.63, 3.8) is 0 Å². The van der Waals surface area contributed by atoms with Gasteiger partial charge in [0.15, 0.2) is 17.4 Å². The molecule has 4 nitrogen and oxygen atoms in total. The minimum atomic E-state index is -0.703. The Hall–Kier alpha value is -2.17. The van der Waals surface area contributed by atoms with E-state index < -0.39 is 11.6 Å². The Bertz CT molecular complexity index is 603. The topological polar surface area (TPSA) is 72.0 Å². The number of hydrogen-bond acceptors (Lipinski definition) is 4. The van der Waals surface area contributed by atoms with Gasteiger partial charge in [0, 0.05) is 16.8 Å². The van der Waals surface area contributed by atoms with Crippen LogP contribution in [-0.2, 0) is 0 Å². The fraction of sp³-hybridized carbons (Fsp3) is 0.286. The Morgan fingerprint density at radius 3 is 2.47 bits per heavy atom. The Labute approximate surface area is 111 Å². The highest BCUT2D eigenvalue weighted by Gasteiger charge is 2.14. The number of nitrogens with zero attached hydrogens (tertiary/aromatic N) is 2. The molecule has 2 rings (SSSR count). The van der Waals surface area contributed by atoms with Gasteiger partial charge in [-0.05, 0) is 31.0 Å². The number of phenols is 1. The predicted octanol–water partition coefficient (Wildman–Crippen LogP) is 3.00. The highest BCUT2D eigenvalue weighted by molar-refractivity contribution is 5.60. The van der Waals surface area contributed by atoms with E-state index in [1.54, 1.807) is 6.07 Å². The third-order valence-corrected chi connectivity index (χ3v) is 2.95. The number of anilines is 1. The summed E-state index contributed by atoms with van der Waals surface area (Å²) in [7, 11) is 0. The second-order valence-corrected chi connectivity index (χ2v) is 4.75. The first-order valence-corrected chi connectivity index (χ1v) is 6.03. The summed E-state index contributed by atoms with van der Waals surface area (Å²) in [5.74, 6) is -0.104. The van der Waals surface area contributed by atoms with Gasteiger partial charge in [-0.3, -0.25) is 0 Å². The van der Waals surface area contributed by atoms with Crippen LogP contribution in [0.15, 0.2) is 18.2 Å². The van der Waals surface area contributed by atoms with Gasteiger partial charge in [-0.15, -0.1) is 0 Å². The molecule has 19 heavy (non-hydrogen) atoms. The van der Waals surface area contributed by atoms with Crippen LogP contribution in [0, 0.1) is 12.7 Å². The molecule has 100 valence electrons. The zero-order chi connectivity index (χ0) is 14.2. The molecule has 5 heteroatoms. The summed E-state index contributed by atoms with van der Waals surface area (Å²) < 4.78 is 13.3. The molecular formula is C14H16FN3O. The number of hydrogen-bond donors (Lipinski definition) is 2. The van der Waals surface area contributed by atoms with Gasteiger partial charge in [0.05, 0.1) is 0 Å². The first kappa shape index (κ1) is 13.3. The number of aromatic nitrogens is 2. The number of phenolic OH excluding ortho intramolecular Hbond substituents is 1. The lowest BCUT2D eigenvalue weighted by atomic mass is 10.0. The molecule has 0 unspecified atom stereocenters. The Balaban J connectivity index is 2.55. The average molecular weight is 261 g/mol. The lowest BCUT2D eigenvalue weighted by molar-refractivity contribution is 0.432. The van der Waals surface area contributed by atoms with Gasteiger partial charge in [-0.25, -0.2) is 14.4 Å². The summed E-state index contributed by atoms with van der Waals surface area (Å²) in [5, 5.41) is 9.18. The van der Waals surface area contributed by atoms with E-state index in [0.29, 0.717) is 17.2 Å². The second kappa shape index (κ2) is 4.84. The first-order valence-electron chi connectivity index (χ1n) is 6.03. The molecule has 0 saturated carbocycles. The molecule has 0 aliphatic carbocycles. The van der Waals surface area contributed by atoms with Crippen LogP contribution in [-0.4, -0.2) is 15.1 Å². The molecule has 0 atom stereocenters. The van der Waals surface area contributed by atoms with Crippen LogP contribution < -0.4 is 5.73 Å². The number of nitrogens with two attached hydrogens (primary N) is 1. The fourth-order valence-electron chi connectivity index (χ4n) is 2.09. The van der Waals surface area contributed by atoms with E-state index in [2.05, 4.69) is 9.97 Å². The highest BCUT2D eigenvalue weighted by atomic mass is 19.1. The molecule has 0 radical (unpaired) electrons. The van der Waals surface area contributed by atoms with Crippen LogP contribution in [0.25, 0.3) is 11.4 Å². The van der Waals surface area contributed by atoms with E-state index in [4.69, 9.17) is 5.73 Å². The smallest absolute Gasteiger partial charge is 0.165 e. The normalized spacial score (nSPS) is 11.0. The van der Waals surface area contributed by atoms with Crippen molar-refractivity contribution in [2.45, 2.75) is 26.7 Å².